The zero-order chi connectivity index (χ0) is 8.74. The van der Waals surface area contributed by atoms with Gasteiger partial charge in [0.05, 0.1) is 0 Å². The van der Waals surface area contributed by atoms with Crippen LogP contribution in [0.4, 0.5) is 0 Å². The van der Waals surface area contributed by atoms with Crippen LogP contribution < -0.4 is 0 Å². The van der Waals surface area contributed by atoms with E-state index in [1.165, 1.54) is 25.7 Å². The maximum absolute atomic E-state index is 4.40. The van der Waals surface area contributed by atoms with Gasteiger partial charge in [-0.3, -0.25) is 0 Å². The van der Waals surface area contributed by atoms with E-state index in [0.29, 0.717) is 5.41 Å². The minimum absolute atomic E-state index is 0.412. The first kappa shape index (κ1) is 11.7. The van der Waals surface area contributed by atoms with Crippen molar-refractivity contribution in [3.8, 4) is 0 Å². The summed E-state index contributed by atoms with van der Waals surface area (Å²) < 4.78 is 0. The van der Waals surface area contributed by atoms with Crippen molar-refractivity contribution in [3.05, 3.63) is 0 Å². The van der Waals surface area contributed by atoms with Crippen molar-refractivity contribution in [1.82, 2.24) is 0 Å². The lowest BCUT2D eigenvalue weighted by Crippen LogP contribution is -2.24. The van der Waals surface area contributed by atoms with Crippen molar-refractivity contribution in [2.45, 2.75) is 39.5 Å². The lowest BCUT2D eigenvalue weighted by Gasteiger charge is -2.29. The van der Waals surface area contributed by atoms with E-state index < -0.39 is 0 Å². The summed E-state index contributed by atoms with van der Waals surface area (Å²) in [6.45, 7) is 4.47. The third-order valence-corrected chi connectivity index (χ3v) is 3.57. The molecule has 0 atom stereocenters. The zero-order valence-corrected chi connectivity index (χ0v) is 9.43. The van der Waals surface area contributed by atoms with Gasteiger partial charge in [-0.15, -0.1) is 0 Å². The Hall–Kier alpha value is 0.700. The highest BCUT2D eigenvalue weighted by Crippen LogP contribution is 2.32. The van der Waals surface area contributed by atoms with Gasteiger partial charge in [-0.1, -0.05) is 26.7 Å². The Morgan fingerprint density at radius 3 is 1.45 bits per heavy atom. The molecule has 0 bridgehead atoms. The highest BCUT2D eigenvalue weighted by Gasteiger charge is 2.24. The zero-order valence-electron chi connectivity index (χ0n) is 7.64. The summed E-state index contributed by atoms with van der Waals surface area (Å²) in [6.07, 6.45) is 5.05. The molecule has 0 aromatic carbocycles. The molecule has 0 aliphatic carbocycles. The Balaban J connectivity index is 3.96. The molecule has 0 fully saturated rings. The molecule has 0 N–H and O–H groups in total. The van der Waals surface area contributed by atoms with Gasteiger partial charge in [-0.05, 0) is 29.8 Å². The summed E-state index contributed by atoms with van der Waals surface area (Å²) >= 11 is 8.80. The SMILES string of the molecule is CCCC(CS)(CS)CCC. The third kappa shape index (κ3) is 3.75. The van der Waals surface area contributed by atoms with E-state index >= 15 is 0 Å². The van der Waals surface area contributed by atoms with Crippen LogP contribution in [0.25, 0.3) is 0 Å². The second kappa shape index (κ2) is 6.24. The van der Waals surface area contributed by atoms with E-state index in [1.807, 2.05) is 0 Å². The molecular formula is C9H20S2. The number of hydrogen-bond donors (Lipinski definition) is 2. The van der Waals surface area contributed by atoms with Crippen LogP contribution in [0.3, 0.4) is 0 Å². The van der Waals surface area contributed by atoms with Crippen molar-refractivity contribution < 1.29 is 0 Å². The third-order valence-electron chi connectivity index (χ3n) is 2.23. The van der Waals surface area contributed by atoms with Gasteiger partial charge >= 0.3 is 0 Å². The van der Waals surface area contributed by atoms with E-state index in [1.54, 1.807) is 0 Å². The lowest BCUT2D eigenvalue weighted by molar-refractivity contribution is 0.319. The van der Waals surface area contributed by atoms with Crippen LogP contribution in [0, 0.1) is 5.41 Å². The minimum Gasteiger partial charge on any atom is -0.179 e. The highest BCUT2D eigenvalue weighted by molar-refractivity contribution is 7.81. The molecule has 0 aliphatic heterocycles. The summed E-state index contributed by atoms with van der Waals surface area (Å²) in [7, 11) is 0. The number of rotatable bonds is 6. The van der Waals surface area contributed by atoms with Crippen molar-refractivity contribution in [2.24, 2.45) is 5.41 Å². The first-order chi connectivity index (χ1) is 5.24. The Bertz CT molecular complexity index is 79.6. The van der Waals surface area contributed by atoms with Crippen molar-refractivity contribution in [2.75, 3.05) is 11.5 Å². The standard InChI is InChI=1S/C9H20S2/c1-3-5-9(7-10,8-11)6-4-2/h10-11H,3-8H2,1-2H3. The van der Waals surface area contributed by atoms with Gasteiger partial charge in [0.1, 0.15) is 0 Å². The molecule has 0 nitrogen and oxygen atoms in total. The fourth-order valence-electron chi connectivity index (χ4n) is 1.55. The van der Waals surface area contributed by atoms with Gasteiger partial charge < -0.3 is 0 Å². The van der Waals surface area contributed by atoms with E-state index in [9.17, 15) is 0 Å². The van der Waals surface area contributed by atoms with Gasteiger partial charge in [0.2, 0.25) is 0 Å². The van der Waals surface area contributed by atoms with Crippen molar-refractivity contribution in [3.63, 3.8) is 0 Å². The summed E-state index contributed by atoms with van der Waals surface area (Å²) in [6, 6.07) is 0. The van der Waals surface area contributed by atoms with E-state index in [0.717, 1.165) is 11.5 Å². The Morgan fingerprint density at radius 2 is 1.27 bits per heavy atom. The second-order valence-corrected chi connectivity index (χ2v) is 3.95. The molecule has 0 heterocycles. The smallest absolute Gasteiger partial charge is 0.00334 e. The lowest BCUT2D eigenvalue weighted by atomic mass is 9.83. The molecule has 0 aromatic rings. The first-order valence-corrected chi connectivity index (χ1v) is 5.73. The molecule has 0 unspecified atom stereocenters. The minimum atomic E-state index is 0.412. The molecule has 2 heteroatoms. The summed E-state index contributed by atoms with van der Waals surface area (Å²) in [4.78, 5) is 0. The van der Waals surface area contributed by atoms with Gasteiger partial charge in [-0.25, -0.2) is 0 Å². The predicted molar refractivity (Wildman–Crippen MR) is 60.0 cm³/mol. The fourth-order valence-corrected chi connectivity index (χ4v) is 2.58. The summed E-state index contributed by atoms with van der Waals surface area (Å²) in [5.41, 5.74) is 0.412. The van der Waals surface area contributed by atoms with E-state index in [2.05, 4.69) is 39.1 Å². The maximum Gasteiger partial charge on any atom is -0.00334 e. The molecule has 0 rings (SSSR count). The Labute approximate surface area is 82.0 Å². The van der Waals surface area contributed by atoms with Crippen LogP contribution in [-0.2, 0) is 0 Å². The second-order valence-electron chi connectivity index (χ2n) is 3.32. The largest absolute Gasteiger partial charge is 0.179 e. The van der Waals surface area contributed by atoms with Crippen LogP contribution >= 0.6 is 25.3 Å². The molecule has 0 aliphatic rings. The van der Waals surface area contributed by atoms with Crippen molar-refractivity contribution in [1.29, 1.82) is 0 Å². The monoisotopic (exact) mass is 192 g/mol. The molecule has 68 valence electrons. The summed E-state index contributed by atoms with van der Waals surface area (Å²) in [5.74, 6) is 1.97. The molecule has 0 aromatic heterocycles. The highest BCUT2D eigenvalue weighted by atomic mass is 32.1. The fraction of sp³-hybridized carbons (Fsp3) is 1.00. The normalized spacial score (nSPS) is 12.0. The quantitative estimate of drug-likeness (QED) is 0.592. The molecular weight excluding hydrogens is 172 g/mol. The maximum atomic E-state index is 4.40. The van der Waals surface area contributed by atoms with E-state index in [-0.39, 0.29) is 0 Å². The molecule has 0 saturated carbocycles. The topological polar surface area (TPSA) is 0 Å². The van der Waals surface area contributed by atoms with Gasteiger partial charge in [-0.2, -0.15) is 25.3 Å². The number of thiol groups is 2. The van der Waals surface area contributed by atoms with Gasteiger partial charge in [0.25, 0.3) is 0 Å². The van der Waals surface area contributed by atoms with Gasteiger partial charge in [0, 0.05) is 0 Å². The average molecular weight is 192 g/mol. The molecule has 0 saturated heterocycles. The van der Waals surface area contributed by atoms with Crippen LogP contribution in [-0.4, -0.2) is 11.5 Å². The molecule has 11 heavy (non-hydrogen) atoms. The van der Waals surface area contributed by atoms with Crippen LogP contribution in [0.1, 0.15) is 39.5 Å². The van der Waals surface area contributed by atoms with E-state index in [4.69, 9.17) is 0 Å². The molecule has 0 amide bonds. The average Bonchev–Trinajstić information content (AvgIpc) is 2.04. The van der Waals surface area contributed by atoms with Crippen molar-refractivity contribution >= 4 is 25.3 Å². The van der Waals surface area contributed by atoms with Crippen LogP contribution in [0.15, 0.2) is 0 Å². The molecule has 0 spiro atoms. The number of hydrogen-bond acceptors (Lipinski definition) is 2. The van der Waals surface area contributed by atoms with Gasteiger partial charge in [0.15, 0.2) is 0 Å². The molecule has 0 radical (unpaired) electrons. The van der Waals surface area contributed by atoms with Crippen LogP contribution in [0.2, 0.25) is 0 Å². The van der Waals surface area contributed by atoms with Crippen LogP contribution in [0.5, 0.6) is 0 Å². The summed E-state index contributed by atoms with van der Waals surface area (Å²) in [5, 5.41) is 0. The predicted octanol–water partition coefficient (Wildman–Crippen LogP) is 3.43. The first-order valence-electron chi connectivity index (χ1n) is 4.46. The Kier molecular flexibility index (Phi) is 6.64. The Morgan fingerprint density at radius 1 is 0.909 bits per heavy atom.